The van der Waals surface area contributed by atoms with Gasteiger partial charge in [0.1, 0.15) is 12.4 Å². The normalized spacial score (nSPS) is 10.9. The molecule has 2 N–H and O–H groups in total. The molecule has 0 unspecified atom stereocenters. The Morgan fingerprint density at radius 2 is 2.10 bits per heavy atom. The van der Waals surface area contributed by atoms with Crippen LogP contribution in [0.2, 0.25) is 5.02 Å². The van der Waals surface area contributed by atoms with Gasteiger partial charge in [-0.3, -0.25) is 4.99 Å². The van der Waals surface area contributed by atoms with Crippen molar-refractivity contribution in [2.45, 2.75) is 13.8 Å². The molecule has 6 heteroatoms. The van der Waals surface area contributed by atoms with Crippen LogP contribution in [0.5, 0.6) is 5.75 Å². The number of hydrogen-bond acceptors (Lipinski definition) is 2. The van der Waals surface area contributed by atoms with Crippen LogP contribution in [-0.2, 0) is 0 Å². The lowest BCUT2D eigenvalue weighted by Gasteiger charge is -2.13. The quantitative estimate of drug-likeness (QED) is 0.327. The van der Waals surface area contributed by atoms with Crippen LogP contribution in [0.3, 0.4) is 0 Å². The van der Waals surface area contributed by atoms with Crippen molar-refractivity contribution in [2.75, 3.05) is 26.7 Å². The van der Waals surface area contributed by atoms with E-state index in [4.69, 9.17) is 16.3 Å². The largest absolute Gasteiger partial charge is 0.492 e. The van der Waals surface area contributed by atoms with Gasteiger partial charge in [0.2, 0.25) is 0 Å². The molecule has 0 amide bonds. The Morgan fingerprint density at radius 1 is 1.35 bits per heavy atom. The Hall–Kier alpha value is -0.690. The highest BCUT2D eigenvalue weighted by atomic mass is 127. The molecule has 0 aliphatic heterocycles. The van der Waals surface area contributed by atoms with Gasteiger partial charge >= 0.3 is 0 Å². The maximum absolute atomic E-state index is 5.88. The van der Waals surface area contributed by atoms with Crippen LogP contribution in [0.4, 0.5) is 0 Å². The average molecular weight is 412 g/mol. The van der Waals surface area contributed by atoms with Crippen molar-refractivity contribution in [1.29, 1.82) is 0 Å². The first kappa shape index (κ1) is 19.3. The third-order valence-corrected chi connectivity index (χ3v) is 2.60. The Kier molecular flexibility index (Phi) is 10.6. The fraction of sp³-hybridized carbons (Fsp3) is 0.500. The van der Waals surface area contributed by atoms with E-state index in [0.717, 1.165) is 18.3 Å². The van der Waals surface area contributed by atoms with Crippen LogP contribution >= 0.6 is 35.6 Å². The molecule has 0 bridgehead atoms. The second-order valence-corrected chi connectivity index (χ2v) is 5.02. The zero-order valence-electron chi connectivity index (χ0n) is 12.1. The van der Waals surface area contributed by atoms with Gasteiger partial charge in [0.25, 0.3) is 0 Å². The number of halogens is 2. The number of ether oxygens (including phenoxy) is 1. The molecule has 0 radical (unpaired) electrons. The lowest BCUT2D eigenvalue weighted by atomic mass is 10.2. The molecule has 0 aliphatic rings. The van der Waals surface area contributed by atoms with E-state index in [-0.39, 0.29) is 24.0 Å². The zero-order chi connectivity index (χ0) is 14.1. The fourth-order valence-corrected chi connectivity index (χ4v) is 1.60. The van der Waals surface area contributed by atoms with E-state index in [2.05, 4.69) is 29.5 Å². The van der Waals surface area contributed by atoms with E-state index in [0.29, 0.717) is 24.1 Å². The Morgan fingerprint density at radius 3 is 2.70 bits per heavy atom. The molecule has 1 aromatic carbocycles. The summed E-state index contributed by atoms with van der Waals surface area (Å²) in [7, 11) is 1.76. The highest BCUT2D eigenvalue weighted by Gasteiger charge is 1.99. The summed E-state index contributed by atoms with van der Waals surface area (Å²) < 4.78 is 5.58. The van der Waals surface area contributed by atoms with Crippen LogP contribution in [-0.4, -0.2) is 32.7 Å². The minimum atomic E-state index is 0. The van der Waals surface area contributed by atoms with Gasteiger partial charge in [-0.25, -0.2) is 0 Å². The number of guanidine groups is 1. The van der Waals surface area contributed by atoms with Gasteiger partial charge in [-0.2, -0.15) is 0 Å². The van der Waals surface area contributed by atoms with Gasteiger partial charge in [-0.1, -0.05) is 31.5 Å². The van der Waals surface area contributed by atoms with E-state index in [9.17, 15) is 0 Å². The third-order valence-electron chi connectivity index (χ3n) is 2.36. The van der Waals surface area contributed by atoms with Crippen LogP contribution in [0.15, 0.2) is 29.3 Å². The smallest absolute Gasteiger partial charge is 0.191 e. The molecule has 1 aromatic rings. The molecule has 0 aliphatic carbocycles. The van der Waals surface area contributed by atoms with E-state index >= 15 is 0 Å². The summed E-state index contributed by atoms with van der Waals surface area (Å²) in [4.78, 5) is 4.14. The van der Waals surface area contributed by atoms with E-state index in [1.807, 2.05) is 18.2 Å². The molecule has 20 heavy (non-hydrogen) atoms. The first-order valence-corrected chi connectivity index (χ1v) is 6.82. The van der Waals surface area contributed by atoms with E-state index < -0.39 is 0 Å². The second-order valence-electron chi connectivity index (χ2n) is 4.58. The molecule has 0 aromatic heterocycles. The molecule has 0 saturated heterocycles. The molecule has 114 valence electrons. The van der Waals surface area contributed by atoms with E-state index in [1.165, 1.54) is 0 Å². The average Bonchev–Trinajstić information content (AvgIpc) is 2.38. The van der Waals surface area contributed by atoms with Crippen molar-refractivity contribution < 1.29 is 4.74 Å². The van der Waals surface area contributed by atoms with Crippen molar-refractivity contribution in [3.63, 3.8) is 0 Å². The van der Waals surface area contributed by atoms with Crippen molar-refractivity contribution in [2.24, 2.45) is 10.9 Å². The predicted molar refractivity (Wildman–Crippen MR) is 96.6 cm³/mol. The molecule has 4 nitrogen and oxygen atoms in total. The van der Waals surface area contributed by atoms with Gasteiger partial charge in [-0.05, 0) is 24.1 Å². The summed E-state index contributed by atoms with van der Waals surface area (Å²) in [6, 6.07) is 7.38. The number of aliphatic imine (C=N–C) groups is 1. The van der Waals surface area contributed by atoms with Crippen molar-refractivity contribution in [3.8, 4) is 5.75 Å². The number of nitrogens with zero attached hydrogens (tertiary/aromatic N) is 1. The maximum Gasteiger partial charge on any atom is 0.191 e. The molecular weight excluding hydrogens is 389 g/mol. The molecule has 0 atom stereocenters. The lowest BCUT2D eigenvalue weighted by molar-refractivity contribution is 0.322. The van der Waals surface area contributed by atoms with Crippen molar-refractivity contribution in [3.05, 3.63) is 29.3 Å². The summed E-state index contributed by atoms with van der Waals surface area (Å²) >= 11 is 5.88. The third kappa shape index (κ3) is 8.47. The topological polar surface area (TPSA) is 45.7 Å². The highest BCUT2D eigenvalue weighted by molar-refractivity contribution is 14.0. The highest BCUT2D eigenvalue weighted by Crippen LogP contribution is 2.16. The van der Waals surface area contributed by atoms with Gasteiger partial charge in [0.05, 0.1) is 6.54 Å². The molecule has 1 rings (SSSR count). The second kappa shape index (κ2) is 11.0. The number of nitrogens with one attached hydrogen (secondary N) is 2. The van der Waals surface area contributed by atoms with Gasteiger partial charge in [-0.15, -0.1) is 24.0 Å². The first-order valence-electron chi connectivity index (χ1n) is 6.44. The van der Waals surface area contributed by atoms with Gasteiger partial charge in [0.15, 0.2) is 5.96 Å². The Bertz CT molecular complexity index is 413. The lowest BCUT2D eigenvalue weighted by Crippen LogP contribution is -2.40. The first-order chi connectivity index (χ1) is 9.11. The van der Waals surface area contributed by atoms with Crippen LogP contribution in [0, 0.1) is 5.92 Å². The standard InChI is InChI=1S/C14H22ClN3O.HI/c1-11(2)10-18-14(16-3)17-7-8-19-13-6-4-5-12(15)9-13;/h4-6,9,11H,7-8,10H2,1-3H3,(H2,16,17,18);1H. The maximum atomic E-state index is 5.88. The minimum absolute atomic E-state index is 0. The zero-order valence-corrected chi connectivity index (χ0v) is 15.2. The molecule has 0 saturated carbocycles. The monoisotopic (exact) mass is 411 g/mol. The molecule has 0 heterocycles. The predicted octanol–water partition coefficient (Wildman–Crippen LogP) is 3.16. The number of rotatable bonds is 6. The Balaban J connectivity index is 0.00000361. The summed E-state index contributed by atoms with van der Waals surface area (Å²) in [6.45, 7) is 6.45. The summed E-state index contributed by atoms with van der Waals surface area (Å²) in [5.74, 6) is 2.16. The van der Waals surface area contributed by atoms with Gasteiger partial charge in [0, 0.05) is 18.6 Å². The van der Waals surface area contributed by atoms with Crippen LogP contribution in [0.1, 0.15) is 13.8 Å². The fourth-order valence-electron chi connectivity index (χ4n) is 1.42. The van der Waals surface area contributed by atoms with Crippen LogP contribution in [0.25, 0.3) is 0 Å². The van der Waals surface area contributed by atoms with Gasteiger partial charge < -0.3 is 15.4 Å². The number of benzene rings is 1. The molecule has 0 fully saturated rings. The molecular formula is C14H23ClIN3O. The number of hydrogen-bond donors (Lipinski definition) is 2. The minimum Gasteiger partial charge on any atom is -0.492 e. The van der Waals surface area contributed by atoms with Crippen molar-refractivity contribution >= 4 is 41.5 Å². The summed E-state index contributed by atoms with van der Waals surface area (Å²) in [6.07, 6.45) is 0. The van der Waals surface area contributed by atoms with E-state index in [1.54, 1.807) is 13.1 Å². The summed E-state index contributed by atoms with van der Waals surface area (Å²) in [5.41, 5.74) is 0. The summed E-state index contributed by atoms with van der Waals surface area (Å²) in [5, 5.41) is 7.11. The van der Waals surface area contributed by atoms with Crippen LogP contribution < -0.4 is 15.4 Å². The Labute approximate surface area is 143 Å². The van der Waals surface area contributed by atoms with Crippen molar-refractivity contribution in [1.82, 2.24) is 10.6 Å². The molecule has 0 spiro atoms. The SMILES string of the molecule is CN=C(NCCOc1cccc(Cl)c1)NCC(C)C.I.